The molecule has 0 aliphatic carbocycles. The molecule has 0 saturated carbocycles. The minimum Gasteiger partial charge on any atom is -0.316 e. The monoisotopic (exact) mass is 317 g/mol. The molecule has 1 saturated heterocycles. The Morgan fingerprint density at radius 2 is 2.41 bits per heavy atom. The highest BCUT2D eigenvalue weighted by Gasteiger charge is 2.24. The molecule has 1 aromatic rings. The van der Waals surface area contributed by atoms with Crippen LogP contribution in [0, 0.1) is 5.82 Å². The molecule has 1 fully saturated rings. The molecule has 0 radical (unpaired) electrons. The number of benzene rings is 1. The normalized spacial score (nSPS) is 21.7. The van der Waals surface area contributed by atoms with Crippen LogP contribution in [0.1, 0.15) is 18.4 Å². The summed E-state index contributed by atoms with van der Waals surface area (Å²) in [4.78, 5) is 0. The molecule has 1 nitrogen and oxygen atoms in total. The van der Waals surface area contributed by atoms with Gasteiger partial charge in [0.05, 0.1) is 4.47 Å². The Morgan fingerprint density at radius 3 is 3.00 bits per heavy atom. The zero-order valence-electron chi connectivity index (χ0n) is 9.88. The molecule has 2 unspecified atom stereocenters. The van der Waals surface area contributed by atoms with E-state index < -0.39 is 0 Å². The van der Waals surface area contributed by atoms with E-state index in [2.05, 4.69) is 33.0 Å². The van der Waals surface area contributed by atoms with Gasteiger partial charge in [-0.2, -0.15) is 11.8 Å². The minimum atomic E-state index is -0.190. The first-order chi connectivity index (χ1) is 8.20. The van der Waals surface area contributed by atoms with E-state index in [1.165, 1.54) is 30.2 Å². The zero-order valence-corrected chi connectivity index (χ0v) is 12.3. The number of halogens is 2. The molecule has 1 aliphatic rings. The Hall–Kier alpha value is -0.0600. The van der Waals surface area contributed by atoms with E-state index in [-0.39, 0.29) is 5.82 Å². The van der Waals surface area contributed by atoms with Crippen LogP contribution in [0.15, 0.2) is 22.7 Å². The van der Waals surface area contributed by atoms with Crippen molar-refractivity contribution in [3.05, 3.63) is 34.1 Å². The molecule has 4 heteroatoms. The average molecular weight is 318 g/mol. The van der Waals surface area contributed by atoms with E-state index in [4.69, 9.17) is 0 Å². The lowest BCUT2D eigenvalue weighted by Crippen LogP contribution is -2.36. The van der Waals surface area contributed by atoms with E-state index in [0.29, 0.717) is 15.8 Å². The molecular weight excluding hydrogens is 301 g/mol. The fourth-order valence-corrected chi connectivity index (χ4v) is 4.12. The van der Waals surface area contributed by atoms with E-state index in [0.717, 1.165) is 6.42 Å². The Kier molecular flexibility index (Phi) is 4.88. The molecule has 94 valence electrons. The molecule has 0 amide bonds. The quantitative estimate of drug-likeness (QED) is 0.910. The summed E-state index contributed by atoms with van der Waals surface area (Å²) in [6.07, 6.45) is 3.58. The summed E-state index contributed by atoms with van der Waals surface area (Å²) >= 11 is 5.29. The van der Waals surface area contributed by atoms with Crippen molar-refractivity contribution in [3.8, 4) is 0 Å². The van der Waals surface area contributed by atoms with Gasteiger partial charge in [-0.15, -0.1) is 0 Å². The smallest absolute Gasteiger partial charge is 0.137 e. The zero-order chi connectivity index (χ0) is 12.3. The van der Waals surface area contributed by atoms with Crippen molar-refractivity contribution in [1.82, 2.24) is 5.32 Å². The van der Waals surface area contributed by atoms with Gasteiger partial charge >= 0.3 is 0 Å². The van der Waals surface area contributed by atoms with Gasteiger partial charge in [0.15, 0.2) is 0 Å². The number of likely N-dealkylation sites (N-methyl/N-ethyl adjacent to an activating group) is 1. The molecule has 2 atom stereocenters. The van der Waals surface area contributed by atoms with Crippen LogP contribution < -0.4 is 5.32 Å². The third-order valence-electron chi connectivity index (χ3n) is 3.22. The van der Waals surface area contributed by atoms with E-state index in [1.807, 2.05) is 19.2 Å². The van der Waals surface area contributed by atoms with Crippen LogP contribution in [0.25, 0.3) is 0 Å². The second-order valence-corrected chi connectivity index (χ2v) is 6.60. The fourth-order valence-electron chi connectivity index (χ4n) is 2.26. The largest absolute Gasteiger partial charge is 0.316 e. The number of nitrogens with one attached hydrogen (secondary N) is 1. The van der Waals surface area contributed by atoms with Crippen molar-refractivity contribution >= 4 is 27.7 Å². The Balaban J connectivity index is 2.04. The lowest BCUT2D eigenvalue weighted by Gasteiger charge is -2.22. The van der Waals surface area contributed by atoms with E-state index in [9.17, 15) is 4.39 Å². The molecule has 0 aromatic heterocycles. The van der Waals surface area contributed by atoms with Gasteiger partial charge in [-0.1, -0.05) is 6.07 Å². The number of hydrogen-bond donors (Lipinski definition) is 1. The molecule has 0 spiro atoms. The van der Waals surface area contributed by atoms with Crippen molar-refractivity contribution in [1.29, 1.82) is 0 Å². The first-order valence-corrected chi connectivity index (χ1v) is 7.77. The van der Waals surface area contributed by atoms with Crippen LogP contribution in [-0.4, -0.2) is 24.1 Å². The van der Waals surface area contributed by atoms with Gasteiger partial charge in [-0.05, 0) is 65.7 Å². The lowest BCUT2D eigenvalue weighted by atomic mass is 10.0. The summed E-state index contributed by atoms with van der Waals surface area (Å²) in [5, 5.41) is 4.09. The minimum absolute atomic E-state index is 0.190. The van der Waals surface area contributed by atoms with Gasteiger partial charge in [0.1, 0.15) is 5.82 Å². The van der Waals surface area contributed by atoms with Crippen LogP contribution in [-0.2, 0) is 6.42 Å². The Labute approximate surface area is 115 Å². The maximum Gasteiger partial charge on any atom is 0.137 e. The predicted molar refractivity (Wildman–Crippen MR) is 76.1 cm³/mol. The van der Waals surface area contributed by atoms with Gasteiger partial charge in [-0.25, -0.2) is 4.39 Å². The fraction of sp³-hybridized carbons (Fsp3) is 0.538. The predicted octanol–water partition coefficient (Wildman–Crippen LogP) is 3.61. The summed E-state index contributed by atoms with van der Waals surface area (Å²) < 4.78 is 13.7. The SMILES string of the molecule is CNC(Cc1ccc(F)c(Br)c1)C1CCCS1. The molecule has 1 aliphatic heterocycles. The van der Waals surface area contributed by atoms with Crippen molar-refractivity contribution < 1.29 is 4.39 Å². The second kappa shape index (κ2) is 6.21. The van der Waals surface area contributed by atoms with Gasteiger partial charge < -0.3 is 5.32 Å². The highest BCUT2D eigenvalue weighted by atomic mass is 79.9. The molecule has 17 heavy (non-hydrogen) atoms. The van der Waals surface area contributed by atoms with Crippen LogP contribution in [0.2, 0.25) is 0 Å². The lowest BCUT2D eigenvalue weighted by molar-refractivity contribution is 0.523. The maximum atomic E-state index is 13.2. The molecule has 0 bridgehead atoms. The number of rotatable bonds is 4. The second-order valence-electron chi connectivity index (χ2n) is 4.40. The number of hydrogen-bond acceptors (Lipinski definition) is 2. The molecule has 2 rings (SSSR count). The van der Waals surface area contributed by atoms with Gasteiger partial charge in [0.2, 0.25) is 0 Å². The standard InChI is InChI=1S/C13H17BrFNS/c1-16-12(13-3-2-6-17-13)8-9-4-5-11(15)10(14)7-9/h4-5,7,12-13,16H,2-3,6,8H2,1H3. The summed E-state index contributed by atoms with van der Waals surface area (Å²) in [5.74, 6) is 1.08. The summed E-state index contributed by atoms with van der Waals surface area (Å²) in [7, 11) is 2.02. The van der Waals surface area contributed by atoms with Crippen molar-refractivity contribution in [3.63, 3.8) is 0 Å². The van der Waals surface area contributed by atoms with E-state index in [1.54, 1.807) is 0 Å². The maximum absolute atomic E-state index is 13.2. The first-order valence-electron chi connectivity index (χ1n) is 5.93. The van der Waals surface area contributed by atoms with Gasteiger partial charge in [0.25, 0.3) is 0 Å². The highest BCUT2D eigenvalue weighted by molar-refractivity contribution is 9.10. The summed E-state index contributed by atoms with van der Waals surface area (Å²) in [5.41, 5.74) is 1.19. The molecule has 1 N–H and O–H groups in total. The Morgan fingerprint density at radius 1 is 1.59 bits per heavy atom. The summed E-state index contributed by atoms with van der Waals surface area (Å²) in [6.45, 7) is 0. The average Bonchev–Trinajstić information content (AvgIpc) is 2.84. The van der Waals surface area contributed by atoms with Gasteiger partial charge in [0, 0.05) is 11.3 Å². The van der Waals surface area contributed by atoms with Crippen molar-refractivity contribution in [2.24, 2.45) is 0 Å². The number of thioether (sulfide) groups is 1. The molecular formula is C13H17BrFNS. The third-order valence-corrected chi connectivity index (χ3v) is 5.35. The van der Waals surface area contributed by atoms with Crippen LogP contribution in [0.3, 0.4) is 0 Å². The van der Waals surface area contributed by atoms with Crippen LogP contribution in [0.5, 0.6) is 0 Å². The molecule has 1 heterocycles. The third kappa shape index (κ3) is 3.46. The summed E-state index contributed by atoms with van der Waals surface area (Å²) in [6, 6.07) is 5.79. The topological polar surface area (TPSA) is 12.0 Å². The Bertz CT molecular complexity index is 380. The van der Waals surface area contributed by atoms with Gasteiger partial charge in [-0.3, -0.25) is 0 Å². The van der Waals surface area contributed by atoms with E-state index >= 15 is 0 Å². The molecule has 1 aromatic carbocycles. The first kappa shape index (κ1) is 13.4. The van der Waals surface area contributed by atoms with Crippen molar-refractivity contribution in [2.75, 3.05) is 12.8 Å². The highest BCUT2D eigenvalue weighted by Crippen LogP contribution is 2.30. The van der Waals surface area contributed by atoms with Crippen molar-refractivity contribution in [2.45, 2.75) is 30.6 Å². The van der Waals surface area contributed by atoms with Crippen LogP contribution in [0.4, 0.5) is 4.39 Å². The van der Waals surface area contributed by atoms with Crippen LogP contribution >= 0.6 is 27.7 Å².